The summed E-state index contributed by atoms with van der Waals surface area (Å²) in [6, 6.07) is 11.6. The van der Waals surface area contributed by atoms with Gasteiger partial charge in [0.1, 0.15) is 4.21 Å². The average molecular weight is 410 g/mol. The van der Waals surface area contributed by atoms with E-state index in [9.17, 15) is 13.2 Å². The maximum atomic E-state index is 12.6. The maximum Gasteiger partial charge on any atom is 0.250 e. The summed E-state index contributed by atoms with van der Waals surface area (Å²) >= 11 is 1.16. The first kappa shape index (κ1) is 21.6. The lowest BCUT2D eigenvalue weighted by molar-refractivity contribution is -0.119. The van der Waals surface area contributed by atoms with Crippen LogP contribution in [-0.4, -0.2) is 32.3 Å². The molecule has 27 heavy (non-hydrogen) atoms. The van der Waals surface area contributed by atoms with E-state index in [0.717, 1.165) is 33.9 Å². The van der Waals surface area contributed by atoms with Crippen LogP contribution in [0.25, 0.3) is 0 Å². The Morgan fingerprint density at radius 3 is 2.41 bits per heavy atom. The molecule has 0 radical (unpaired) electrons. The van der Waals surface area contributed by atoms with Gasteiger partial charge in [-0.15, -0.1) is 11.3 Å². The summed E-state index contributed by atoms with van der Waals surface area (Å²) in [4.78, 5) is 14.0. The van der Waals surface area contributed by atoms with E-state index in [1.807, 2.05) is 31.3 Å². The van der Waals surface area contributed by atoms with E-state index in [-0.39, 0.29) is 16.7 Å². The van der Waals surface area contributed by atoms with Crippen LogP contribution in [0.5, 0.6) is 0 Å². The second kappa shape index (κ2) is 9.45. The number of hydrogen-bond acceptors (Lipinski definition) is 5. The molecule has 1 heterocycles. The Bertz CT molecular complexity index is 876. The van der Waals surface area contributed by atoms with E-state index in [1.165, 1.54) is 6.92 Å². The molecule has 148 valence electrons. The fourth-order valence-electron chi connectivity index (χ4n) is 2.39. The molecule has 0 spiro atoms. The Morgan fingerprint density at radius 2 is 1.78 bits per heavy atom. The van der Waals surface area contributed by atoms with Gasteiger partial charge in [0.05, 0.1) is 6.54 Å². The van der Waals surface area contributed by atoms with Crippen LogP contribution >= 0.6 is 11.3 Å². The minimum absolute atomic E-state index is 0.145. The molecule has 1 amide bonds. The van der Waals surface area contributed by atoms with Gasteiger partial charge in [0.2, 0.25) is 15.9 Å². The van der Waals surface area contributed by atoms with E-state index in [4.69, 9.17) is 0 Å². The molecule has 6 nitrogen and oxygen atoms in total. The van der Waals surface area contributed by atoms with E-state index in [0.29, 0.717) is 12.6 Å². The fraction of sp³-hybridized carbons (Fsp3) is 0.421. The maximum absolute atomic E-state index is 12.6. The van der Waals surface area contributed by atoms with Crippen LogP contribution < -0.4 is 10.0 Å². The molecule has 0 saturated heterocycles. The van der Waals surface area contributed by atoms with Crippen molar-refractivity contribution in [2.45, 2.75) is 50.7 Å². The molecule has 2 N–H and O–H groups in total. The smallest absolute Gasteiger partial charge is 0.250 e. The molecular formula is C19H27N3O3S2. The summed E-state index contributed by atoms with van der Waals surface area (Å²) < 4.78 is 28.1. The van der Waals surface area contributed by atoms with Gasteiger partial charge >= 0.3 is 0 Å². The summed E-state index contributed by atoms with van der Waals surface area (Å²) in [7, 11) is -1.55. The highest BCUT2D eigenvalue weighted by molar-refractivity contribution is 7.91. The van der Waals surface area contributed by atoms with E-state index < -0.39 is 10.0 Å². The standard InChI is InChI=1S/C19H27N3O3S2/c1-14(2)22(4)13-17-8-6-5-7-16(17)11-21-27(24,25)19-10-9-18(26-19)12-20-15(3)23/h5-10,14,21H,11-13H2,1-4H3,(H,20,23). The third-order valence-corrected chi connectivity index (χ3v) is 7.26. The molecule has 0 aliphatic carbocycles. The first-order valence-electron chi connectivity index (χ1n) is 8.79. The topological polar surface area (TPSA) is 78.5 Å². The first-order chi connectivity index (χ1) is 12.7. The summed E-state index contributed by atoms with van der Waals surface area (Å²) in [5.74, 6) is -0.145. The number of carbonyl (C=O) groups excluding carboxylic acids is 1. The highest BCUT2D eigenvalue weighted by atomic mass is 32.2. The lowest BCUT2D eigenvalue weighted by atomic mass is 10.1. The zero-order valence-corrected chi connectivity index (χ0v) is 17.8. The third kappa shape index (κ3) is 6.42. The molecule has 0 fully saturated rings. The van der Waals surface area contributed by atoms with E-state index in [1.54, 1.807) is 12.1 Å². The SMILES string of the molecule is CC(=O)NCc1ccc(S(=O)(=O)NCc2ccccc2CN(C)C(C)C)s1. The lowest BCUT2D eigenvalue weighted by Crippen LogP contribution is -2.27. The van der Waals surface area contributed by atoms with Gasteiger partial charge in [-0.05, 0) is 44.2 Å². The molecule has 0 saturated carbocycles. The van der Waals surface area contributed by atoms with Crippen LogP contribution in [0, 0.1) is 0 Å². The molecule has 1 aromatic heterocycles. The van der Waals surface area contributed by atoms with Crippen LogP contribution in [0.4, 0.5) is 0 Å². The molecular weight excluding hydrogens is 382 g/mol. The van der Waals surface area contributed by atoms with Crippen molar-refractivity contribution in [1.82, 2.24) is 14.9 Å². The van der Waals surface area contributed by atoms with Crippen LogP contribution in [0.2, 0.25) is 0 Å². The van der Waals surface area contributed by atoms with Crippen LogP contribution in [-0.2, 0) is 34.5 Å². The van der Waals surface area contributed by atoms with Gasteiger partial charge in [0, 0.05) is 30.9 Å². The van der Waals surface area contributed by atoms with E-state index >= 15 is 0 Å². The van der Waals surface area contributed by atoms with Crippen molar-refractivity contribution in [3.05, 3.63) is 52.4 Å². The zero-order valence-electron chi connectivity index (χ0n) is 16.2. The third-order valence-electron chi connectivity index (χ3n) is 4.29. The van der Waals surface area contributed by atoms with Crippen LogP contribution in [0.15, 0.2) is 40.6 Å². The van der Waals surface area contributed by atoms with Crippen molar-refractivity contribution in [3.63, 3.8) is 0 Å². The Labute approximate surface area is 165 Å². The summed E-state index contributed by atoms with van der Waals surface area (Å²) in [6.07, 6.45) is 0. The van der Waals surface area contributed by atoms with Gasteiger partial charge in [0.25, 0.3) is 0 Å². The molecule has 2 rings (SSSR count). The highest BCUT2D eigenvalue weighted by Crippen LogP contribution is 2.22. The molecule has 0 aliphatic rings. The van der Waals surface area contributed by atoms with Crippen molar-refractivity contribution >= 4 is 27.3 Å². The van der Waals surface area contributed by atoms with Gasteiger partial charge in [-0.1, -0.05) is 24.3 Å². The normalized spacial score (nSPS) is 11.9. The monoisotopic (exact) mass is 409 g/mol. The van der Waals surface area contributed by atoms with Crippen molar-refractivity contribution < 1.29 is 13.2 Å². The van der Waals surface area contributed by atoms with Crippen molar-refractivity contribution in [2.75, 3.05) is 7.05 Å². The molecule has 0 unspecified atom stereocenters. The summed E-state index contributed by atoms with van der Waals surface area (Å²) in [5.41, 5.74) is 2.07. The molecule has 8 heteroatoms. The quantitative estimate of drug-likeness (QED) is 0.667. The Morgan fingerprint density at radius 1 is 1.11 bits per heavy atom. The number of thiophene rings is 1. The second-order valence-corrected chi connectivity index (χ2v) is 9.89. The van der Waals surface area contributed by atoms with Gasteiger partial charge in [-0.25, -0.2) is 13.1 Å². The predicted octanol–water partition coefficient (Wildman–Crippen LogP) is 2.70. The van der Waals surface area contributed by atoms with Crippen molar-refractivity contribution in [3.8, 4) is 0 Å². The van der Waals surface area contributed by atoms with Gasteiger partial charge in [-0.2, -0.15) is 0 Å². The highest BCUT2D eigenvalue weighted by Gasteiger charge is 2.17. The fourth-order valence-corrected chi connectivity index (χ4v) is 4.74. The second-order valence-electron chi connectivity index (χ2n) is 6.73. The van der Waals surface area contributed by atoms with Crippen LogP contribution in [0.1, 0.15) is 36.8 Å². The summed E-state index contributed by atoms with van der Waals surface area (Å²) in [5, 5.41) is 2.67. The number of carbonyl (C=O) groups is 1. The predicted molar refractivity (Wildman–Crippen MR) is 109 cm³/mol. The van der Waals surface area contributed by atoms with Gasteiger partial charge in [-0.3, -0.25) is 9.69 Å². The Hall–Kier alpha value is -1.74. The zero-order chi connectivity index (χ0) is 20.0. The molecule has 0 bridgehead atoms. The minimum Gasteiger partial charge on any atom is -0.351 e. The number of amides is 1. The largest absolute Gasteiger partial charge is 0.351 e. The Kier molecular flexibility index (Phi) is 7.55. The summed E-state index contributed by atoms with van der Waals surface area (Å²) in [6.45, 7) is 7.01. The van der Waals surface area contributed by atoms with Gasteiger partial charge in [0.15, 0.2) is 0 Å². The number of nitrogens with one attached hydrogen (secondary N) is 2. The van der Waals surface area contributed by atoms with Crippen molar-refractivity contribution in [1.29, 1.82) is 0 Å². The molecule has 1 aromatic carbocycles. The Balaban J connectivity index is 2.06. The van der Waals surface area contributed by atoms with Crippen LogP contribution in [0.3, 0.4) is 0 Å². The minimum atomic E-state index is -3.60. The molecule has 0 aliphatic heterocycles. The first-order valence-corrected chi connectivity index (χ1v) is 11.1. The van der Waals surface area contributed by atoms with Crippen molar-refractivity contribution in [2.24, 2.45) is 0 Å². The number of benzene rings is 1. The number of rotatable bonds is 9. The van der Waals surface area contributed by atoms with E-state index in [2.05, 4.69) is 28.8 Å². The average Bonchev–Trinajstić information content (AvgIpc) is 3.09. The number of nitrogens with zero attached hydrogens (tertiary/aromatic N) is 1. The lowest BCUT2D eigenvalue weighted by Gasteiger charge is -2.22. The van der Waals surface area contributed by atoms with Gasteiger partial charge < -0.3 is 5.32 Å². The molecule has 0 atom stereocenters. The number of sulfonamides is 1. The molecule has 2 aromatic rings. The number of hydrogen-bond donors (Lipinski definition) is 2.